The van der Waals surface area contributed by atoms with Gasteiger partial charge in [-0.05, 0) is 26.0 Å². The highest BCUT2D eigenvalue weighted by atomic mass is 16.6. The van der Waals surface area contributed by atoms with Gasteiger partial charge in [-0.1, -0.05) is 0 Å². The molecule has 1 aromatic rings. The molecule has 0 aliphatic rings. The third kappa shape index (κ3) is 4.16. The maximum absolute atomic E-state index is 11.9. The summed E-state index contributed by atoms with van der Waals surface area (Å²) in [5.74, 6) is -2.21. The largest absolute Gasteiger partial charge is 0.487 e. The molecule has 1 rings (SSSR count). The van der Waals surface area contributed by atoms with E-state index in [0.717, 1.165) is 13.0 Å². The number of nitro groups is 1. The smallest absolute Gasteiger partial charge is 0.337 e. The molecular weight excluding hydrogens is 296 g/mol. The van der Waals surface area contributed by atoms with Gasteiger partial charge in [0.1, 0.15) is 0 Å². The number of hydrogen-bond donors (Lipinski definition) is 3. The molecule has 120 valence electrons. The zero-order valence-corrected chi connectivity index (χ0v) is 12.0. The van der Waals surface area contributed by atoms with E-state index in [1.807, 2.05) is 0 Å². The monoisotopic (exact) mass is 312 g/mol. The second-order valence-corrected chi connectivity index (χ2v) is 4.63. The van der Waals surface area contributed by atoms with Gasteiger partial charge in [-0.3, -0.25) is 14.9 Å². The first-order valence-corrected chi connectivity index (χ1v) is 6.34. The van der Waals surface area contributed by atoms with Crippen molar-refractivity contribution in [3.05, 3.63) is 33.9 Å². The topological polar surface area (TPSA) is 139 Å². The van der Waals surface area contributed by atoms with Crippen molar-refractivity contribution >= 4 is 17.6 Å². The molecule has 0 saturated heterocycles. The van der Waals surface area contributed by atoms with Crippen LogP contribution in [0.1, 0.15) is 24.2 Å². The van der Waals surface area contributed by atoms with E-state index in [9.17, 15) is 24.8 Å². The van der Waals surface area contributed by atoms with Crippen molar-refractivity contribution in [3.8, 4) is 5.75 Å². The van der Waals surface area contributed by atoms with Crippen molar-refractivity contribution in [1.82, 2.24) is 5.32 Å². The van der Waals surface area contributed by atoms with Crippen molar-refractivity contribution in [2.24, 2.45) is 0 Å². The quantitative estimate of drug-likeness (QED) is 0.493. The lowest BCUT2D eigenvalue weighted by molar-refractivity contribution is -0.385. The number of carbonyl (C=O) groups excluding carboxylic acids is 1. The first-order valence-electron chi connectivity index (χ1n) is 6.34. The second-order valence-electron chi connectivity index (χ2n) is 4.63. The molecule has 3 N–H and O–H groups in total. The number of carboxylic acids is 1. The van der Waals surface area contributed by atoms with E-state index in [-0.39, 0.29) is 23.6 Å². The van der Waals surface area contributed by atoms with Gasteiger partial charge < -0.3 is 20.3 Å². The normalized spacial score (nSPS) is 13.0. The van der Waals surface area contributed by atoms with Crippen LogP contribution in [0.5, 0.6) is 5.75 Å². The third-order valence-corrected chi connectivity index (χ3v) is 2.77. The van der Waals surface area contributed by atoms with Gasteiger partial charge in [0.15, 0.2) is 11.4 Å². The average molecular weight is 312 g/mol. The Balaban J connectivity index is 2.93. The van der Waals surface area contributed by atoms with Crippen molar-refractivity contribution in [1.29, 1.82) is 0 Å². The number of benzene rings is 1. The number of amides is 1. The van der Waals surface area contributed by atoms with E-state index in [1.165, 1.54) is 12.1 Å². The number of aliphatic carboxylic acids is 1. The van der Waals surface area contributed by atoms with Crippen molar-refractivity contribution in [3.63, 3.8) is 0 Å². The molecule has 0 fully saturated rings. The van der Waals surface area contributed by atoms with Crippen LogP contribution in [0, 0.1) is 10.1 Å². The van der Waals surface area contributed by atoms with Crippen LogP contribution >= 0.6 is 0 Å². The molecule has 1 unspecified atom stereocenters. The molecule has 1 atom stereocenters. The van der Waals surface area contributed by atoms with Gasteiger partial charge >= 0.3 is 11.7 Å². The van der Waals surface area contributed by atoms with Crippen molar-refractivity contribution < 1.29 is 29.5 Å². The van der Waals surface area contributed by atoms with Crippen LogP contribution in [0.15, 0.2) is 18.2 Å². The molecule has 0 saturated carbocycles. The van der Waals surface area contributed by atoms with E-state index < -0.39 is 28.9 Å². The molecule has 0 heterocycles. The minimum absolute atomic E-state index is 0.0292. The van der Waals surface area contributed by atoms with Crippen LogP contribution in [0.4, 0.5) is 5.69 Å². The summed E-state index contributed by atoms with van der Waals surface area (Å²) < 4.78 is 5.09. The summed E-state index contributed by atoms with van der Waals surface area (Å²) in [4.78, 5) is 32.9. The highest BCUT2D eigenvalue weighted by molar-refractivity contribution is 5.95. The first-order chi connectivity index (χ1) is 10.2. The Bertz CT molecular complexity index is 598. The van der Waals surface area contributed by atoms with Gasteiger partial charge in [-0.25, -0.2) is 4.79 Å². The molecule has 9 nitrogen and oxygen atoms in total. The molecule has 1 aromatic carbocycles. The molecule has 0 spiro atoms. The summed E-state index contributed by atoms with van der Waals surface area (Å²) in [6, 6.07) is 3.62. The van der Waals surface area contributed by atoms with Crippen LogP contribution in [-0.2, 0) is 4.79 Å². The number of aliphatic hydroxyl groups is 1. The first kappa shape index (κ1) is 17.4. The molecule has 0 aromatic heterocycles. The summed E-state index contributed by atoms with van der Waals surface area (Å²) in [5, 5.41) is 31.4. The SMILES string of the molecule is CCOc1ccc(C(=O)NCC(C)(O)C(=O)O)cc1[N+](=O)[O-]. The lowest BCUT2D eigenvalue weighted by Crippen LogP contribution is -2.46. The summed E-state index contributed by atoms with van der Waals surface area (Å²) in [6.07, 6.45) is 0. The standard InChI is InChI=1S/C13H16N2O7/c1-3-22-10-5-4-8(6-9(10)15(20)21)11(16)14-7-13(2,19)12(17)18/h4-6,19H,3,7H2,1-2H3,(H,14,16)(H,17,18). The summed E-state index contributed by atoms with van der Waals surface area (Å²) in [7, 11) is 0. The van der Waals surface area contributed by atoms with Crippen LogP contribution < -0.4 is 10.1 Å². The predicted molar refractivity (Wildman–Crippen MR) is 74.9 cm³/mol. The maximum atomic E-state index is 11.9. The number of carboxylic acid groups (broad SMARTS) is 1. The fraction of sp³-hybridized carbons (Fsp3) is 0.385. The Morgan fingerprint density at radius 3 is 2.59 bits per heavy atom. The Morgan fingerprint density at radius 2 is 2.09 bits per heavy atom. The zero-order valence-electron chi connectivity index (χ0n) is 12.0. The number of carbonyl (C=O) groups is 2. The highest BCUT2D eigenvalue weighted by Crippen LogP contribution is 2.27. The Labute approximate surface area is 125 Å². The summed E-state index contributed by atoms with van der Waals surface area (Å²) >= 11 is 0. The number of nitrogens with zero attached hydrogens (tertiary/aromatic N) is 1. The number of ether oxygens (including phenoxy) is 1. The molecule has 0 bridgehead atoms. The number of nitrogens with one attached hydrogen (secondary N) is 1. The summed E-state index contributed by atoms with van der Waals surface area (Å²) in [6.45, 7) is 2.38. The Kier molecular flexibility index (Phi) is 5.41. The van der Waals surface area contributed by atoms with E-state index in [2.05, 4.69) is 5.32 Å². The van der Waals surface area contributed by atoms with Gasteiger partial charge in [0.25, 0.3) is 5.91 Å². The molecule has 0 radical (unpaired) electrons. The Hall–Kier alpha value is -2.68. The maximum Gasteiger partial charge on any atom is 0.337 e. The lowest BCUT2D eigenvalue weighted by atomic mass is 10.1. The molecule has 1 amide bonds. The van der Waals surface area contributed by atoms with Gasteiger partial charge in [-0.15, -0.1) is 0 Å². The van der Waals surface area contributed by atoms with Crippen LogP contribution in [0.25, 0.3) is 0 Å². The van der Waals surface area contributed by atoms with Crippen LogP contribution in [0.3, 0.4) is 0 Å². The minimum atomic E-state index is -2.13. The molecule has 22 heavy (non-hydrogen) atoms. The van der Waals surface area contributed by atoms with Crippen LogP contribution in [0.2, 0.25) is 0 Å². The number of nitro benzene ring substituents is 1. The molecular formula is C13H16N2O7. The fourth-order valence-electron chi connectivity index (χ4n) is 1.51. The van der Waals surface area contributed by atoms with Crippen molar-refractivity contribution in [2.75, 3.05) is 13.2 Å². The number of hydrogen-bond acceptors (Lipinski definition) is 6. The lowest BCUT2D eigenvalue weighted by Gasteiger charge is -2.18. The number of rotatable bonds is 7. The van der Waals surface area contributed by atoms with Gasteiger partial charge in [0.05, 0.1) is 18.1 Å². The van der Waals surface area contributed by atoms with E-state index >= 15 is 0 Å². The summed E-state index contributed by atoms with van der Waals surface area (Å²) in [5.41, 5.74) is -2.55. The van der Waals surface area contributed by atoms with E-state index in [0.29, 0.717) is 0 Å². The molecule has 9 heteroatoms. The average Bonchev–Trinajstić information content (AvgIpc) is 2.45. The highest BCUT2D eigenvalue weighted by Gasteiger charge is 2.30. The van der Waals surface area contributed by atoms with Gasteiger partial charge in [0.2, 0.25) is 0 Å². The molecule has 0 aliphatic heterocycles. The fourth-order valence-corrected chi connectivity index (χ4v) is 1.51. The van der Waals surface area contributed by atoms with E-state index in [1.54, 1.807) is 6.92 Å². The van der Waals surface area contributed by atoms with Crippen LogP contribution in [-0.4, -0.2) is 45.8 Å². The van der Waals surface area contributed by atoms with E-state index in [4.69, 9.17) is 9.84 Å². The van der Waals surface area contributed by atoms with Crippen molar-refractivity contribution in [2.45, 2.75) is 19.4 Å². The van der Waals surface area contributed by atoms with Gasteiger partial charge in [0, 0.05) is 11.6 Å². The zero-order chi connectivity index (χ0) is 16.9. The second kappa shape index (κ2) is 6.85. The predicted octanol–water partition coefficient (Wildman–Crippen LogP) is 0.559. The molecule has 0 aliphatic carbocycles. The van der Waals surface area contributed by atoms with Gasteiger partial charge in [-0.2, -0.15) is 0 Å². The third-order valence-electron chi connectivity index (χ3n) is 2.77. The minimum Gasteiger partial charge on any atom is -0.487 e. The Morgan fingerprint density at radius 1 is 1.45 bits per heavy atom.